The van der Waals surface area contributed by atoms with Gasteiger partial charge in [0.15, 0.2) is 4.96 Å². The van der Waals surface area contributed by atoms with Crippen LogP contribution in [-0.4, -0.2) is 26.9 Å². The van der Waals surface area contributed by atoms with Crippen molar-refractivity contribution in [1.29, 1.82) is 0 Å². The van der Waals surface area contributed by atoms with E-state index in [0.29, 0.717) is 27.7 Å². The Bertz CT molecular complexity index is 825. The number of aromatic nitrogens is 3. The molecule has 5 nitrogen and oxygen atoms in total. The van der Waals surface area contributed by atoms with E-state index >= 15 is 0 Å². The van der Waals surface area contributed by atoms with E-state index in [4.69, 9.17) is 4.74 Å². The van der Waals surface area contributed by atoms with Gasteiger partial charge in [-0.1, -0.05) is 11.3 Å². The molecule has 3 aromatic rings. The number of fused-ring (bicyclic) bond motifs is 1. The van der Waals surface area contributed by atoms with E-state index in [-0.39, 0.29) is 5.97 Å². The molecule has 0 aliphatic heterocycles. The Kier molecular flexibility index (Phi) is 3.42. The third-order valence-electron chi connectivity index (χ3n) is 3.02. The zero-order valence-corrected chi connectivity index (χ0v) is 12.3. The van der Waals surface area contributed by atoms with Gasteiger partial charge in [0, 0.05) is 23.7 Å². The molecule has 3 rings (SSSR count). The minimum Gasteiger partial charge on any atom is -0.462 e. The zero-order chi connectivity index (χ0) is 15.0. The molecule has 0 N–H and O–H groups in total. The fraction of sp³-hybridized carbons (Fsp3) is 0.214. The highest BCUT2D eigenvalue weighted by Crippen LogP contribution is 2.27. The number of ether oxygens (including phenoxy) is 1. The number of esters is 1. The lowest BCUT2D eigenvalue weighted by Crippen LogP contribution is -2.04. The highest BCUT2D eigenvalue weighted by Gasteiger charge is 2.19. The fourth-order valence-corrected chi connectivity index (χ4v) is 3.03. The van der Waals surface area contributed by atoms with Crippen molar-refractivity contribution in [1.82, 2.24) is 14.4 Å². The van der Waals surface area contributed by atoms with Crippen molar-refractivity contribution in [3.05, 3.63) is 41.0 Å². The molecule has 0 aromatic carbocycles. The number of hydrogen-bond acceptors (Lipinski definition) is 5. The molecule has 0 unspecified atom stereocenters. The van der Waals surface area contributed by atoms with E-state index in [1.165, 1.54) is 17.4 Å². The Morgan fingerprint density at radius 2 is 2.29 bits per heavy atom. The van der Waals surface area contributed by atoms with E-state index in [2.05, 4.69) is 9.97 Å². The van der Waals surface area contributed by atoms with Crippen LogP contribution in [-0.2, 0) is 4.74 Å². The van der Waals surface area contributed by atoms with E-state index in [1.54, 1.807) is 23.7 Å². The summed E-state index contributed by atoms with van der Waals surface area (Å²) in [6.07, 6.45) is 4.46. The third kappa shape index (κ3) is 2.40. The number of rotatable bonds is 3. The maximum Gasteiger partial charge on any atom is 0.350 e. The van der Waals surface area contributed by atoms with Crippen molar-refractivity contribution in [2.45, 2.75) is 13.8 Å². The largest absolute Gasteiger partial charge is 0.462 e. The predicted molar refractivity (Wildman–Crippen MR) is 77.0 cm³/mol. The minimum absolute atomic E-state index is 0.332. The first-order valence-electron chi connectivity index (χ1n) is 6.36. The van der Waals surface area contributed by atoms with Crippen LogP contribution in [0.15, 0.2) is 24.7 Å². The molecule has 0 amide bonds. The van der Waals surface area contributed by atoms with Crippen LogP contribution in [0, 0.1) is 12.7 Å². The van der Waals surface area contributed by atoms with Crippen LogP contribution < -0.4 is 0 Å². The molecule has 21 heavy (non-hydrogen) atoms. The Hall–Kier alpha value is -2.28. The highest BCUT2D eigenvalue weighted by molar-refractivity contribution is 7.19. The van der Waals surface area contributed by atoms with E-state index in [1.807, 2.05) is 6.92 Å². The molecule has 0 radical (unpaired) electrons. The summed E-state index contributed by atoms with van der Waals surface area (Å²) in [5.41, 5.74) is 1.98. The van der Waals surface area contributed by atoms with Crippen molar-refractivity contribution >= 4 is 22.3 Å². The van der Waals surface area contributed by atoms with Crippen molar-refractivity contribution in [3.63, 3.8) is 0 Å². The van der Waals surface area contributed by atoms with E-state index < -0.39 is 5.82 Å². The van der Waals surface area contributed by atoms with Gasteiger partial charge in [-0.3, -0.25) is 9.38 Å². The fourth-order valence-electron chi connectivity index (χ4n) is 2.03. The van der Waals surface area contributed by atoms with Crippen LogP contribution in [0.2, 0.25) is 0 Å². The van der Waals surface area contributed by atoms with Crippen molar-refractivity contribution in [2.24, 2.45) is 0 Å². The van der Waals surface area contributed by atoms with Gasteiger partial charge < -0.3 is 4.74 Å². The van der Waals surface area contributed by atoms with Gasteiger partial charge in [0.2, 0.25) is 0 Å². The van der Waals surface area contributed by atoms with Crippen LogP contribution in [0.3, 0.4) is 0 Å². The van der Waals surface area contributed by atoms with Gasteiger partial charge in [-0.2, -0.15) is 0 Å². The first-order valence-corrected chi connectivity index (χ1v) is 7.18. The number of pyridine rings is 1. The molecule has 3 aromatic heterocycles. The topological polar surface area (TPSA) is 56.5 Å². The van der Waals surface area contributed by atoms with E-state index in [9.17, 15) is 9.18 Å². The van der Waals surface area contributed by atoms with Crippen LogP contribution in [0.25, 0.3) is 16.2 Å². The summed E-state index contributed by atoms with van der Waals surface area (Å²) in [5.74, 6) is -0.757. The smallest absolute Gasteiger partial charge is 0.350 e. The van der Waals surface area contributed by atoms with Gasteiger partial charge in [0.1, 0.15) is 10.7 Å². The number of imidazole rings is 1. The van der Waals surface area contributed by atoms with Gasteiger partial charge in [-0.25, -0.2) is 14.2 Å². The third-order valence-corrected chi connectivity index (χ3v) is 4.16. The molecule has 0 saturated carbocycles. The summed E-state index contributed by atoms with van der Waals surface area (Å²) in [4.78, 5) is 21.2. The van der Waals surface area contributed by atoms with E-state index in [0.717, 1.165) is 11.9 Å². The number of carbonyl (C=O) groups excluding carboxylic acids is 1. The summed E-state index contributed by atoms with van der Waals surface area (Å²) >= 11 is 1.25. The maximum absolute atomic E-state index is 13.2. The van der Waals surface area contributed by atoms with Gasteiger partial charge in [-0.05, 0) is 19.9 Å². The minimum atomic E-state index is -0.409. The number of carbonyl (C=O) groups is 1. The second-order valence-electron chi connectivity index (χ2n) is 4.41. The van der Waals surface area contributed by atoms with Gasteiger partial charge in [0.25, 0.3) is 0 Å². The summed E-state index contributed by atoms with van der Waals surface area (Å²) < 4.78 is 20.0. The molecule has 0 aliphatic carbocycles. The summed E-state index contributed by atoms with van der Waals surface area (Å²) in [7, 11) is 0. The highest BCUT2D eigenvalue weighted by atomic mass is 32.1. The lowest BCUT2D eigenvalue weighted by atomic mass is 10.2. The number of hydrogen-bond donors (Lipinski definition) is 0. The van der Waals surface area contributed by atoms with Crippen molar-refractivity contribution in [2.75, 3.05) is 6.61 Å². The number of nitrogens with zero attached hydrogens (tertiary/aromatic N) is 3. The van der Waals surface area contributed by atoms with Crippen molar-refractivity contribution < 1.29 is 13.9 Å². The molecule has 0 atom stereocenters. The Labute approximate surface area is 124 Å². The molecular weight excluding hydrogens is 293 g/mol. The molecule has 7 heteroatoms. The number of halogens is 1. The molecular formula is C14H12FN3O2S. The second kappa shape index (κ2) is 5.25. The first kappa shape index (κ1) is 13.7. The van der Waals surface area contributed by atoms with Gasteiger partial charge in [0.05, 0.1) is 18.5 Å². The van der Waals surface area contributed by atoms with Crippen LogP contribution in [0.5, 0.6) is 0 Å². The molecule has 0 saturated heterocycles. The lowest BCUT2D eigenvalue weighted by Gasteiger charge is -1.99. The van der Waals surface area contributed by atoms with Gasteiger partial charge in [-0.15, -0.1) is 0 Å². The predicted octanol–water partition coefficient (Wildman–Crippen LogP) is 3.08. The molecule has 108 valence electrons. The average Bonchev–Trinajstić information content (AvgIpc) is 2.99. The first-order chi connectivity index (χ1) is 10.1. The second-order valence-corrected chi connectivity index (χ2v) is 5.39. The number of aryl methyl sites for hydroxylation is 1. The zero-order valence-electron chi connectivity index (χ0n) is 11.5. The summed E-state index contributed by atoms with van der Waals surface area (Å²) in [5, 5.41) is 0. The number of thiazole rings is 1. The van der Waals surface area contributed by atoms with Crippen molar-refractivity contribution in [3.8, 4) is 11.3 Å². The Morgan fingerprint density at radius 1 is 1.48 bits per heavy atom. The molecule has 0 spiro atoms. The maximum atomic E-state index is 13.2. The summed E-state index contributed by atoms with van der Waals surface area (Å²) in [6, 6.07) is 1.38. The SMILES string of the molecule is CCOC(=O)c1sc2nc(-c3cncc(F)c3)cn2c1C. The van der Waals surface area contributed by atoms with Gasteiger partial charge >= 0.3 is 5.97 Å². The normalized spacial score (nSPS) is 11.0. The standard InChI is InChI=1S/C14H12FN3O2S/c1-3-20-13(19)12-8(2)18-7-11(17-14(18)21-12)9-4-10(15)6-16-5-9/h4-7H,3H2,1-2H3. The molecule has 0 aliphatic rings. The monoisotopic (exact) mass is 305 g/mol. The molecule has 3 heterocycles. The summed E-state index contributed by atoms with van der Waals surface area (Å²) in [6.45, 7) is 3.92. The quantitative estimate of drug-likeness (QED) is 0.698. The van der Waals surface area contributed by atoms with Crippen LogP contribution in [0.1, 0.15) is 22.3 Å². The lowest BCUT2D eigenvalue weighted by molar-refractivity contribution is 0.0531. The van der Waals surface area contributed by atoms with Crippen LogP contribution in [0.4, 0.5) is 4.39 Å². The Balaban J connectivity index is 2.05. The molecule has 0 fully saturated rings. The van der Waals surface area contributed by atoms with Crippen LogP contribution >= 0.6 is 11.3 Å². The Morgan fingerprint density at radius 3 is 2.95 bits per heavy atom. The average molecular weight is 305 g/mol. The molecule has 0 bridgehead atoms.